The van der Waals surface area contributed by atoms with E-state index in [9.17, 15) is 5.11 Å². The molecule has 2 rings (SSSR count). The second kappa shape index (κ2) is 6.08. The van der Waals surface area contributed by atoms with E-state index >= 15 is 0 Å². The summed E-state index contributed by atoms with van der Waals surface area (Å²) in [5, 5.41) is 18.3. The largest absolute Gasteiger partial charge is 0.394 e. The summed E-state index contributed by atoms with van der Waals surface area (Å²) >= 11 is 5.90. The lowest BCUT2D eigenvalue weighted by Gasteiger charge is -2.23. The molecule has 2 N–H and O–H groups in total. The first-order valence-electron chi connectivity index (χ1n) is 6.98. The van der Waals surface area contributed by atoms with E-state index in [2.05, 4.69) is 31.2 Å². The average Bonchev–Trinajstić information content (AvgIpc) is 2.80. The lowest BCUT2D eigenvalue weighted by Crippen LogP contribution is -2.21. The van der Waals surface area contributed by atoms with Crippen LogP contribution in [0.2, 0.25) is 5.02 Å². The van der Waals surface area contributed by atoms with Gasteiger partial charge in [-0.05, 0) is 24.3 Å². The third kappa shape index (κ3) is 3.77. The molecule has 0 spiro atoms. The molecule has 1 atom stereocenters. The fourth-order valence-corrected chi connectivity index (χ4v) is 2.44. The molecule has 0 saturated heterocycles. The van der Waals surface area contributed by atoms with Crippen LogP contribution in [-0.4, -0.2) is 21.5 Å². The molecule has 0 bridgehead atoms. The van der Waals surface area contributed by atoms with E-state index in [-0.39, 0.29) is 18.1 Å². The maximum atomic E-state index is 9.77. The van der Waals surface area contributed by atoms with Crippen molar-refractivity contribution >= 4 is 17.3 Å². The monoisotopic (exact) mass is 307 g/mol. The Hall–Kier alpha value is -1.52. The number of benzene rings is 1. The van der Waals surface area contributed by atoms with Crippen LogP contribution < -0.4 is 5.32 Å². The number of hydrogen-bond acceptors (Lipinski definition) is 3. The Labute approximate surface area is 130 Å². The minimum Gasteiger partial charge on any atom is -0.394 e. The number of aliphatic hydroxyl groups is 1. The van der Waals surface area contributed by atoms with Crippen LogP contribution in [0.15, 0.2) is 30.5 Å². The Bertz CT molecular complexity index is 599. The van der Waals surface area contributed by atoms with Crippen molar-refractivity contribution in [2.75, 3.05) is 11.9 Å². The Balaban J connectivity index is 2.31. The first kappa shape index (κ1) is 15.9. The minimum absolute atomic E-state index is 0.00258. The molecule has 0 saturated carbocycles. The lowest BCUT2D eigenvalue weighted by molar-refractivity contribution is 0.275. The van der Waals surface area contributed by atoms with E-state index in [1.165, 1.54) is 0 Å². The molecule has 0 amide bonds. The van der Waals surface area contributed by atoms with Crippen molar-refractivity contribution in [2.45, 2.75) is 32.2 Å². The summed E-state index contributed by atoms with van der Waals surface area (Å²) in [6, 6.07) is 7.25. The molecule has 0 aliphatic heterocycles. The molecule has 0 aliphatic carbocycles. The molecular weight excluding hydrogens is 286 g/mol. The molecule has 21 heavy (non-hydrogen) atoms. The van der Waals surface area contributed by atoms with E-state index in [1.54, 1.807) is 4.68 Å². The van der Waals surface area contributed by atoms with Gasteiger partial charge in [-0.15, -0.1) is 0 Å². The molecule has 5 heteroatoms. The van der Waals surface area contributed by atoms with E-state index in [0.29, 0.717) is 5.02 Å². The zero-order chi connectivity index (χ0) is 15.6. The predicted molar refractivity (Wildman–Crippen MR) is 86.8 cm³/mol. The van der Waals surface area contributed by atoms with Gasteiger partial charge < -0.3 is 10.4 Å². The highest BCUT2D eigenvalue weighted by Crippen LogP contribution is 2.30. The summed E-state index contributed by atoms with van der Waals surface area (Å²) < 4.78 is 1.79. The Morgan fingerprint density at radius 2 is 1.90 bits per heavy atom. The predicted octanol–water partition coefficient (Wildman–Crippen LogP) is 3.52. The molecule has 1 aromatic carbocycles. The molecule has 4 nitrogen and oxygen atoms in total. The van der Waals surface area contributed by atoms with E-state index < -0.39 is 0 Å². The normalized spacial score (nSPS) is 13.2. The number of aliphatic hydroxyl groups excluding tert-OH is 1. The first-order valence-corrected chi connectivity index (χ1v) is 7.36. The van der Waals surface area contributed by atoms with Crippen molar-refractivity contribution in [2.24, 2.45) is 7.05 Å². The number of aryl methyl sites for hydroxylation is 1. The maximum Gasteiger partial charge on any atom is 0.0778 e. The lowest BCUT2D eigenvalue weighted by atomic mass is 9.87. The highest BCUT2D eigenvalue weighted by Gasteiger charge is 2.26. The van der Waals surface area contributed by atoms with Gasteiger partial charge in [0.2, 0.25) is 0 Å². The van der Waals surface area contributed by atoms with Gasteiger partial charge in [0.1, 0.15) is 0 Å². The van der Waals surface area contributed by atoms with Crippen LogP contribution in [0.4, 0.5) is 5.69 Å². The van der Waals surface area contributed by atoms with E-state index in [4.69, 9.17) is 11.6 Å². The average molecular weight is 308 g/mol. The van der Waals surface area contributed by atoms with Gasteiger partial charge in [-0.25, -0.2) is 0 Å². The van der Waals surface area contributed by atoms with Crippen molar-refractivity contribution < 1.29 is 5.11 Å². The van der Waals surface area contributed by atoms with Crippen molar-refractivity contribution in [3.63, 3.8) is 0 Å². The van der Waals surface area contributed by atoms with Crippen molar-refractivity contribution in [3.05, 3.63) is 46.7 Å². The quantitative estimate of drug-likeness (QED) is 0.908. The number of aromatic nitrogens is 2. The number of hydrogen-bond donors (Lipinski definition) is 2. The fraction of sp³-hybridized carbons (Fsp3) is 0.438. The van der Waals surface area contributed by atoms with Crippen LogP contribution in [-0.2, 0) is 12.5 Å². The third-order valence-electron chi connectivity index (χ3n) is 3.31. The molecule has 0 aliphatic rings. The van der Waals surface area contributed by atoms with Crippen LogP contribution in [0, 0.1) is 0 Å². The van der Waals surface area contributed by atoms with Gasteiger partial charge in [0.05, 0.1) is 18.3 Å². The minimum atomic E-state index is -0.200. The molecule has 114 valence electrons. The third-order valence-corrected chi connectivity index (χ3v) is 3.56. The van der Waals surface area contributed by atoms with Crippen molar-refractivity contribution in [3.8, 4) is 0 Å². The van der Waals surface area contributed by atoms with Gasteiger partial charge in [-0.1, -0.05) is 32.4 Å². The Kier molecular flexibility index (Phi) is 4.59. The first-order chi connectivity index (χ1) is 9.81. The fourth-order valence-electron chi connectivity index (χ4n) is 2.31. The van der Waals surface area contributed by atoms with Gasteiger partial charge in [0.15, 0.2) is 0 Å². The molecule has 0 fully saturated rings. The summed E-state index contributed by atoms with van der Waals surface area (Å²) in [5.41, 5.74) is 2.85. The second-order valence-corrected chi connectivity index (χ2v) is 6.68. The smallest absolute Gasteiger partial charge is 0.0778 e. The Morgan fingerprint density at radius 3 is 2.43 bits per heavy atom. The number of halogens is 1. The van der Waals surface area contributed by atoms with Crippen LogP contribution in [0.5, 0.6) is 0 Å². The van der Waals surface area contributed by atoms with Crippen molar-refractivity contribution in [1.29, 1.82) is 0 Å². The molecule has 0 radical (unpaired) electrons. The molecule has 2 aromatic rings. The van der Waals surface area contributed by atoms with Gasteiger partial charge >= 0.3 is 0 Å². The van der Waals surface area contributed by atoms with Crippen molar-refractivity contribution in [1.82, 2.24) is 9.78 Å². The Morgan fingerprint density at radius 1 is 1.29 bits per heavy atom. The summed E-state index contributed by atoms with van der Waals surface area (Å²) in [4.78, 5) is 0. The van der Waals surface area contributed by atoms with Gasteiger partial charge in [-0.3, -0.25) is 4.68 Å². The number of nitrogens with zero attached hydrogens (tertiary/aromatic N) is 2. The topological polar surface area (TPSA) is 50.1 Å². The number of rotatable bonds is 4. The van der Waals surface area contributed by atoms with Gasteiger partial charge in [0, 0.05) is 34.9 Å². The standard InChI is InChI=1S/C16H22ClN3O/c1-16(2,3)15-13(9-20(4)19-15)14(10-21)18-12-7-5-11(17)6-8-12/h5-9,14,18,21H,10H2,1-4H3. The molecule has 1 heterocycles. The second-order valence-electron chi connectivity index (χ2n) is 6.24. The van der Waals surface area contributed by atoms with E-state index in [0.717, 1.165) is 16.9 Å². The highest BCUT2D eigenvalue weighted by atomic mass is 35.5. The number of anilines is 1. The zero-order valence-electron chi connectivity index (χ0n) is 12.9. The zero-order valence-corrected chi connectivity index (χ0v) is 13.6. The van der Waals surface area contributed by atoms with E-state index in [1.807, 2.05) is 37.5 Å². The van der Waals surface area contributed by atoms with Gasteiger partial charge in [0.25, 0.3) is 0 Å². The molecular formula is C16H22ClN3O. The van der Waals surface area contributed by atoms with Gasteiger partial charge in [-0.2, -0.15) is 5.10 Å². The van der Waals surface area contributed by atoms with Crippen LogP contribution in [0.3, 0.4) is 0 Å². The van der Waals surface area contributed by atoms with Crippen LogP contribution >= 0.6 is 11.6 Å². The molecule has 1 aromatic heterocycles. The summed E-state index contributed by atoms with van der Waals surface area (Å²) in [7, 11) is 1.90. The SMILES string of the molecule is Cn1cc(C(CO)Nc2ccc(Cl)cc2)c(C(C)(C)C)n1. The highest BCUT2D eigenvalue weighted by molar-refractivity contribution is 6.30. The maximum absolute atomic E-state index is 9.77. The van der Waals surface area contributed by atoms with Crippen LogP contribution in [0.1, 0.15) is 38.1 Å². The van der Waals surface area contributed by atoms with Crippen LogP contribution in [0.25, 0.3) is 0 Å². The summed E-state index contributed by atoms with van der Waals surface area (Å²) in [5.74, 6) is 0. The summed E-state index contributed by atoms with van der Waals surface area (Å²) in [6.45, 7) is 6.36. The molecule has 1 unspecified atom stereocenters. The summed E-state index contributed by atoms with van der Waals surface area (Å²) in [6.07, 6.45) is 1.96. The number of nitrogens with one attached hydrogen (secondary N) is 1.